The highest BCUT2D eigenvalue weighted by Crippen LogP contribution is 2.46. The average Bonchev–Trinajstić information content (AvgIpc) is 3.37. The highest BCUT2D eigenvalue weighted by atomic mass is 32.2. The van der Waals surface area contributed by atoms with Crippen LogP contribution in [0.25, 0.3) is 0 Å². The molecule has 0 unspecified atom stereocenters. The Balaban J connectivity index is 1.76. The number of esters is 1. The van der Waals surface area contributed by atoms with Crippen LogP contribution in [0.3, 0.4) is 0 Å². The zero-order valence-electron chi connectivity index (χ0n) is 23.3. The third-order valence-corrected chi connectivity index (χ3v) is 9.64. The molecule has 0 amide bonds. The van der Waals surface area contributed by atoms with Gasteiger partial charge in [0.2, 0.25) is 0 Å². The van der Waals surface area contributed by atoms with Crippen LogP contribution >= 0.6 is 23.1 Å². The standard InChI is InChI=1S/C32H44O3S2/c1-5-9-10-13-22-36-30-24-29-28(32(6-2,7-3)20-21-35-29)23-25(30)16-17-27-19-18-26(37-27)14-11-12-15-31(33)34-8-4/h18-19,23-24H,5-15,20-22H2,1-4H3. The predicted octanol–water partition coefficient (Wildman–Crippen LogP) is 8.94. The first-order chi connectivity index (χ1) is 18.0. The summed E-state index contributed by atoms with van der Waals surface area (Å²) in [4.78, 5) is 15.2. The van der Waals surface area contributed by atoms with Gasteiger partial charge in [0, 0.05) is 32.7 Å². The minimum atomic E-state index is -0.0927. The number of carbonyl (C=O) groups is 1. The van der Waals surface area contributed by atoms with Crippen LogP contribution < -0.4 is 4.74 Å². The number of rotatable bonds is 14. The smallest absolute Gasteiger partial charge is 0.305 e. The number of ether oxygens (including phenoxy) is 2. The van der Waals surface area contributed by atoms with E-state index in [0.29, 0.717) is 13.0 Å². The van der Waals surface area contributed by atoms with Crippen LogP contribution in [0.4, 0.5) is 0 Å². The van der Waals surface area contributed by atoms with Gasteiger partial charge < -0.3 is 9.47 Å². The Morgan fingerprint density at radius 1 is 1.05 bits per heavy atom. The first-order valence-corrected chi connectivity index (χ1v) is 16.1. The Labute approximate surface area is 233 Å². The number of hydrogen-bond donors (Lipinski definition) is 0. The van der Waals surface area contributed by atoms with Gasteiger partial charge in [-0.15, -0.1) is 23.1 Å². The fourth-order valence-corrected chi connectivity index (χ4v) is 6.94. The van der Waals surface area contributed by atoms with Gasteiger partial charge in [-0.2, -0.15) is 0 Å². The molecule has 2 aromatic rings. The molecule has 202 valence electrons. The summed E-state index contributed by atoms with van der Waals surface area (Å²) < 4.78 is 11.2. The Morgan fingerprint density at radius 3 is 2.65 bits per heavy atom. The topological polar surface area (TPSA) is 35.5 Å². The summed E-state index contributed by atoms with van der Waals surface area (Å²) in [6.07, 6.45) is 11.8. The zero-order valence-corrected chi connectivity index (χ0v) is 24.9. The summed E-state index contributed by atoms with van der Waals surface area (Å²) in [6.45, 7) is 9.98. The molecule has 0 atom stereocenters. The van der Waals surface area contributed by atoms with E-state index in [2.05, 4.69) is 56.9 Å². The molecule has 1 aromatic heterocycles. The van der Waals surface area contributed by atoms with Gasteiger partial charge in [-0.3, -0.25) is 4.79 Å². The van der Waals surface area contributed by atoms with Crippen molar-refractivity contribution in [3.05, 3.63) is 45.1 Å². The quantitative estimate of drug-likeness (QED) is 0.104. The highest BCUT2D eigenvalue weighted by Gasteiger charge is 2.35. The summed E-state index contributed by atoms with van der Waals surface area (Å²) in [5, 5.41) is 0. The van der Waals surface area contributed by atoms with E-state index in [9.17, 15) is 4.79 Å². The number of carbonyl (C=O) groups excluding carboxylic acids is 1. The molecule has 1 aliphatic rings. The molecule has 2 heterocycles. The molecule has 3 nitrogen and oxygen atoms in total. The second kappa shape index (κ2) is 15.5. The summed E-state index contributed by atoms with van der Waals surface area (Å²) in [5.41, 5.74) is 2.67. The van der Waals surface area contributed by atoms with Gasteiger partial charge in [0.25, 0.3) is 0 Å². The number of unbranched alkanes of at least 4 members (excludes halogenated alkanes) is 4. The van der Waals surface area contributed by atoms with E-state index in [1.165, 1.54) is 41.0 Å². The Morgan fingerprint density at radius 2 is 1.89 bits per heavy atom. The van der Waals surface area contributed by atoms with Crippen molar-refractivity contribution in [1.82, 2.24) is 0 Å². The van der Waals surface area contributed by atoms with Crippen LogP contribution in [0.1, 0.15) is 113 Å². The molecular weight excluding hydrogens is 496 g/mol. The molecule has 0 fully saturated rings. The van der Waals surface area contributed by atoms with Gasteiger partial charge in [-0.05, 0) is 81.9 Å². The van der Waals surface area contributed by atoms with Crippen LogP contribution in [-0.4, -0.2) is 24.9 Å². The van der Waals surface area contributed by atoms with Crippen molar-refractivity contribution in [2.75, 3.05) is 19.0 Å². The lowest BCUT2D eigenvalue weighted by Gasteiger charge is -2.38. The zero-order chi connectivity index (χ0) is 26.5. The monoisotopic (exact) mass is 540 g/mol. The molecule has 0 saturated heterocycles. The molecule has 0 spiro atoms. The Hall–Kier alpha value is -1.90. The average molecular weight is 541 g/mol. The van der Waals surface area contributed by atoms with Crippen LogP contribution in [0.5, 0.6) is 5.75 Å². The minimum Gasteiger partial charge on any atom is -0.493 e. The molecule has 0 aliphatic carbocycles. The lowest BCUT2D eigenvalue weighted by atomic mass is 9.71. The predicted molar refractivity (Wildman–Crippen MR) is 158 cm³/mol. The molecule has 37 heavy (non-hydrogen) atoms. The van der Waals surface area contributed by atoms with Gasteiger partial charge in [-0.1, -0.05) is 51.9 Å². The third-order valence-electron chi connectivity index (χ3n) is 7.44. The molecule has 1 aliphatic heterocycles. The highest BCUT2D eigenvalue weighted by molar-refractivity contribution is 7.99. The summed E-state index contributed by atoms with van der Waals surface area (Å²) >= 11 is 3.70. The largest absolute Gasteiger partial charge is 0.493 e. The van der Waals surface area contributed by atoms with Crippen molar-refractivity contribution >= 4 is 29.1 Å². The van der Waals surface area contributed by atoms with Crippen LogP contribution in [0.2, 0.25) is 0 Å². The number of thioether (sulfide) groups is 1. The molecule has 3 rings (SSSR count). The number of aryl methyl sites for hydroxylation is 1. The maximum Gasteiger partial charge on any atom is 0.305 e. The van der Waals surface area contributed by atoms with E-state index in [-0.39, 0.29) is 11.4 Å². The molecule has 0 saturated carbocycles. The first-order valence-electron chi connectivity index (χ1n) is 14.3. The van der Waals surface area contributed by atoms with E-state index in [0.717, 1.165) is 67.1 Å². The van der Waals surface area contributed by atoms with Crippen molar-refractivity contribution < 1.29 is 14.3 Å². The van der Waals surface area contributed by atoms with Crippen molar-refractivity contribution in [3.63, 3.8) is 0 Å². The summed E-state index contributed by atoms with van der Waals surface area (Å²) in [7, 11) is 0. The van der Waals surface area contributed by atoms with Crippen molar-refractivity contribution in [2.24, 2.45) is 0 Å². The lowest BCUT2D eigenvalue weighted by Crippen LogP contribution is -2.32. The van der Waals surface area contributed by atoms with Crippen LogP contribution in [-0.2, 0) is 21.4 Å². The summed E-state index contributed by atoms with van der Waals surface area (Å²) in [6, 6.07) is 8.93. The molecule has 0 N–H and O–H groups in total. The number of hydrogen-bond acceptors (Lipinski definition) is 5. The molecule has 0 bridgehead atoms. The molecule has 0 radical (unpaired) electrons. The summed E-state index contributed by atoms with van der Waals surface area (Å²) in [5.74, 6) is 9.11. The van der Waals surface area contributed by atoms with Gasteiger partial charge in [-0.25, -0.2) is 0 Å². The first kappa shape index (κ1) is 29.7. The lowest BCUT2D eigenvalue weighted by molar-refractivity contribution is -0.143. The van der Waals surface area contributed by atoms with Crippen LogP contribution in [0.15, 0.2) is 29.2 Å². The Kier molecular flexibility index (Phi) is 12.4. The van der Waals surface area contributed by atoms with E-state index in [1.54, 1.807) is 11.3 Å². The van der Waals surface area contributed by atoms with Crippen molar-refractivity contribution in [2.45, 2.75) is 109 Å². The maximum atomic E-state index is 11.5. The fourth-order valence-electron chi connectivity index (χ4n) is 5.01. The third kappa shape index (κ3) is 8.55. The van der Waals surface area contributed by atoms with E-state index >= 15 is 0 Å². The normalized spacial score (nSPS) is 13.8. The number of thiophene rings is 1. The van der Waals surface area contributed by atoms with E-state index in [4.69, 9.17) is 9.47 Å². The number of benzene rings is 1. The van der Waals surface area contributed by atoms with Crippen LogP contribution in [0, 0.1) is 11.8 Å². The van der Waals surface area contributed by atoms with Gasteiger partial charge in [0.05, 0.1) is 18.1 Å². The second-order valence-corrected chi connectivity index (χ2v) is 12.2. The van der Waals surface area contributed by atoms with Gasteiger partial charge in [0.15, 0.2) is 0 Å². The molecule has 1 aromatic carbocycles. The fraction of sp³-hybridized carbons (Fsp3) is 0.594. The molecular formula is C32H44O3S2. The van der Waals surface area contributed by atoms with E-state index < -0.39 is 0 Å². The van der Waals surface area contributed by atoms with E-state index in [1.807, 2.05) is 18.7 Å². The number of fused-ring (bicyclic) bond motifs is 1. The van der Waals surface area contributed by atoms with Crippen molar-refractivity contribution in [3.8, 4) is 17.6 Å². The SMILES string of the molecule is CCCCCCSc1cc2c(cc1C#Cc1ccc(CCCCC(=O)OCC)s1)C(CC)(CC)CCO2. The second-order valence-electron chi connectivity index (χ2n) is 9.87. The van der Waals surface area contributed by atoms with Gasteiger partial charge in [0.1, 0.15) is 5.75 Å². The Bertz CT molecular complexity index is 1060. The minimum absolute atomic E-state index is 0.0927. The maximum absolute atomic E-state index is 11.5. The molecule has 5 heteroatoms. The van der Waals surface area contributed by atoms with Gasteiger partial charge >= 0.3 is 5.97 Å². The van der Waals surface area contributed by atoms with Crippen molar-refractivity contribution in [1.29, 1.82) is 0 Å².